The van der Waals surface area contributed by atoms with Crippen molar-refractivity contribution in [3.63, 3.8) is 0 Å². The van der Waals surface area contributed by atoms with Crippen LogP contribution in [0, 0.1) is 0 Å². The molecule has 0 atom stereocenters. The average Bonchev–Trinajstić information content (AvgIpc) is 3.85. The SMILES string of the molecule is c1ccc(-c2ccc(-c3nc(-n4c5ccccc5c5ccc6c(sc7c6c6ccccc6n7-c6ccccc6)c54)nc4ccccc34)cc2)cc1. The van der Waals surface area contributed by atoms with Crippen LogP contribution < -0.4 is 0 Å². The molecule has 5 heteroatoms. The Kier molecular flexibility index (Phi) is 6.09. The third-order valence-corrected chi connectivity index (χ3v) is 11.4. The largest absolute Gasteiger partial charge is 0.301 e. The summed E-state index contributed by atoms with van der Waals surface area (Å²) in [7, 11) is 0. The summed E-state index contributed by atoms with van der Waals surface area (Å²) in [6.45, 7) is 0. The van der Waals surface area contributed by atoms with Gasteiger partial charge in [0.15, 0.2) is 0 Å². The van der Waals surface area contributed by atoms with E-state index in [2.05, 4.69) is 179 Å². The van der Waals surface area contributed by atoms with E-state index in [9.17, 15) is 0 Å². The van der Waals surface area contributed by atoms with Gasteiger partial charge in [-0.05, 0) is 41.5 Å². The lowest BCUT2D eigenvalue weighted by Crippen LogP contribution is -2.03. The van der Waals surface area contributed by atoms with Gasteiger partial charge in [0, 0.05) is 43.6 Å². The molecule has 0 amide bonds. The lowest BCUT2D eigenvalue weighted by atomic mass is 10.0. The van der Waals surface area contributed by atoms with E-state index >= 15 is 0 Å². The molecule has 4 heterocycles. The Morgan fingerprint density at radius 3 is 1.78 bits per heavy atom. The molecule has 0 spiro atoms. The minimum absolute atomic E-state index is 0.670. The monoisotopic (exact) mass is 668 g/mol. The molecule has 0 saturated heterocycles. The summed E-state index contributed by atoms with van der Waals surface area (Å²) < 4.78 is 5.94. The molecule has 0 N–H and O–H groups in total. The fourth-order valence-corrected chi connectivity index (χ4v) is 9.26. The Balaban J connectivity index is 1.22. The zero-order valence-electron chi connectivity index (χ0n) is 27.4. The van der Waals surface area contributed by atoms with E-state index in [1.807, 2.05) is 11.3 Å². The molecule has 0 saturated carbocycles. The standard InChI is InChI=1S/C46H28N4S/c1-3-13-29(14-4-1)30-23-25-31(26-24-30)42-35-18-7-10-20-38(35)47-46(48-42)50-39-21-11-8-17-33(39)34-27-28-37-41-36-19-9-12-22-40(36)49(32-15-5-2-6-16-32)45(41)51-44(37)43(34)50/h1-28H. The number of hydrogen-bond donors (Lipinski definition) is 0. The minimum atomic E-state index is 0.670. The third kappa shape index (κ3) is 4.19. The summed E-state index contributed by atoms with van der Waals surface area (Å²) in [6.07, 6.45) is 0. The van der Waals surface area contributed by atoms with Crippen LogP contribution in [-0.4, -0.2) is 19.1 Å². The smallest absolute Gasteiger partial charge is 0.235 e. The van der Waals surface area contributed by atoms with Crippen LogP contribution in [0.25, 0.3) is 97.9 Å². The highest BCUT2D eigenvalue weighted by Crippen LogP contribution is 2.47. The van der Waals surface area contributed by atoms with Gasteiger partial charge in [-0.15, -0.1) is 11.3 Å². The van der Waals surface area contributed by atoms with Crippen LogP contribution in [0.3, 0.4) is 0 Å². The van der Waals surface area contributed by atoms with Crippen molar-refractivity contribution < 1.29 is 0 Å². The molecule has 4 nitrogen and oxygen atoms in total. The van der Waals surface area contributed by atoms with Crippen molar-refractivity contribution in [2.24, 2.45) is 0 Å². The summed E-state index contributed by atoms with van der Waals surface area (Å²) in [4.78, 5) is 12.0. The van der Waals surface area contributed by atoms with Crippen LogP contribution in [-0.2, 0) is 0 Å². The first-order valence-electron chi connectivity index (χ1n) is 17.2. The highest BCUT2D eigenvalue weighted by molar-refractivity contribution is 7.26. The predicted octanol–water partition coefficient (Wildman–Crippen LogP) is 12.4. The van der Waals surface area contributed by atoms with Crippen molar-refractivity contribution in [2.45, 2.75) is 0 Å². The molecular formula is C46H28N4S. The van der Waals surface area contributed by atoms with E-state index in [0.29, 0.717) is 5.95 Å². The first-order chi connectivity index (χ1) is 25.3. The Bertz CT molecular complexity index is 3120. The van der Waals surface area contributed by atoms with Crippen LogP contribution in [0.2, 0.25) is 0 Å². The summed E-state index contributed by atoms with van der Waals surface area (Å²) >= 11 is 1.85. The van der Waals surface area contributed by atoms with E-state index < -0.39 is 0 Å². The van der Waals surface area contributed by atoms with Crippen molar-refractivity contribution in [2.75, 3.05) is 0 Å². The van der Waals surface area contributed by atoms with Crippen molar-refractivity contribution in [3.8, 4) is 34.0 Å². The summed E-state index contributed by atoms with van der Waals surface area (Å²) in [5, 5.41) is 7.20. The number of fused-ring (bicyclic) bond motifs is 10. The molecule has 4 aromatic heterocycles. The molecule has 0 aliphatic rings. The van der Waals surface area contributed by atoms with E-state index in [1.54, 1.807) is 0 Å². The van der Waals surface area contributed by atoms with Gasteiger partial charge in [-0.25, -0.2) is 9.97 Å². The van der Waals surface area contributed by atoms with Crippen molar-refractivity contribution in [1.29, 1.82) is 0 Å². The Morgan fingerprint density at radius 1 is 0.412 bits per heavy atom. The normalized spacial score (nSPS) is 11.9. The average molecular weight is 669 g/mol. The predicted molar refractivity (Wildman–Crippen MR) is 214 cm³/mol. The maximum atomic E-state index is 5.43. The zero-order chi connectivity index (χ0) is 33.5. The molecule has 0 aliphatic carbocycles. The number of para-hydroxylation sites is 4. The van der Waals surface area contributed by atoms with E-state index in [4.69, 9.17) is 9.97 Å². The summed E-state index contributed by atoms with van der Waals surface area (Å²) in [6, 6.07) is 60.3. The van der Waals surface area contributed by atoms with E-state index in [1.165, 1.54) is 53.1 Å². The van der Waals surface area contributed by atoms with Gasteiger partial charge in [-0.3, -0.25) is 4.57 Å². The minimum Gasteiger partial charge on any atom is -0.301 e. The number of benzene rings is 7. The molecule has 238 valence electrons. The molecular weight excluding hydrogens is 641 g/mol. The summed E-state index contributed by atoms with van der Waals surface area (Å²) in [5.74, 6) is 0.670. The molecule has 7 aromatic carbocycles. The fourth-order valence-electron chi connectivity index (χ4n) is 7.87. The Labute approximate surface area is 297 Å². The van der Waals surface area contributed by atoms with Crippen LogP contribution in [0.5, 0.6) is 0 Å². The molecule has 0 fully saturated rings. The maximum absolute atomic E-state index is 5.43. The van der Waals surface area contributed by atoms with Crippen molar-refractivity contribution >= 4 is 75.3 Å². The molecule has 51 heavy (non-hydrogen) atoms. The van der Waals surface area contributed by atoms with Crippen molar-refractivity contribution in [3.05, 3.63) is 170 Å². The second-order valence-electron chi connectivity index (χ2n) is 13.0. The lowest BCUT2D eigenvalue weighted by Gasteiger charge is -2.12. The molecule has 11 rings (SSSR count). The van der Waals surface area contributed by atoms with Crippen LogP contribution >= 0.6 is 11.3 Å². The number of hydrogen-bond acceptors (Lipinski definition) is 3. The van der Waals surface area contributed by atoms with Gasteiger partial charge < -0.3 is 4.57 Å². The van der Waals surface area contributed by atoms with Crippen LogP contribution in [0.15, 0.2) is 170 Å². The number of aromatic nitrogens is 4. The zero-order valence-corrected chi connectivity index (χ0v) is 28.2. The van der Waals surface area contributed by atoms with Crippen LogP contribution in [0.1, 0.15) is 0 Å². The van der Waals surface area contributed by atoms with E-state index in [-0.39, 0.29) is 0 Å². The highest BCUT2D eigenvalue weighted by atomic mass is 32.1. The molecule has 0 bridgehead atoms. The first-order valence-corrected chi connectivity index (χ1v) is 18.0. The number of nitrogens with zero attached hydrogens (tertiary/aromatic N) is 4. The lowest BCUT2D eigenvalue weighted by molar-refractivity contribution is 1.02. The molecule has 11 aromatic rings. The quantitative estimate of drug-likeness (QED) is 0.187. The van der Waals surface area contributed by atoms with E-state index in [0.717, 1.165) is 38.9 Å². The molecule has 0 unspecified atom stereocenters. The molecule has 0 aliphatic heterocycles. The number of rotatable bonds is 4. The summed E-state index contributed by atoms with van der Waals surface area (Å²) in [5.41, 5.74) is 9.88. The Morgan fingerprint density at radius 2 is 1.00 bits per heavy atom. The second-order valence-corrected chi connectivity index (χ2v) is 14.0. The van der Waals surface area contributed by atoms with Gasteiger partial charge in [0.1, 0.15) is 4.83 Å². The fraction of sp³-hybridized carbons (Fsp3) is 0. The Hall–Kier alpha value is -6.56. The van der Waals surface area contributed by atoms with Gasteiger partial charge >= 0.3 is 0 Å². The topological polar surface area (TPSA) is 35.6 Å². The van der Waals surface area contributed by atoms with Gasteiger partial charge in [0.25, 0.3) is 0 Å². The van der Waals surface area contributed by atoms with Gasteiger partial charge in [-0.1, -0.05) is 140 Å². The molecule has 0 radical (unpaired) electrons. The van der Waals surface area contributed by atoms with Gasteiger partial charge in [0.05, 0.1) is 32.5 Å². The first kappa shape index (κ1) is 28.3. The number of thiophene rings is 1. The van der Waals surface area contributed by atoms with Crippen LogP contribution in [0.4, 0.5) is 0 Å². The van der Waals surface area contributed by atoms with Crippen molar-refractivity contribution in [1.82, 2.24) is 19.1 Å². The second kappa shape index (κ2) is 11.0. The van der Waals surface area contributed by atoms with Gasteiger partial charge in [0.2, 0.25) is 5.95 Å². The third-order valence-electron chi connectivity index (χ3n) is 10.2. The van der Waals surface area contributed by atoms with Gasteiger partial charge in [-0.2, -0.15) is 0 Å². The maximum Gasteiger partial charge on any atom is 0.235 e. The highest BCUT2D eigenvalue weighted by Gasteiger charge is 2.23.